The molecule has 0 aliphatic heterocycles. The van der Waals surface area contributed by atoms with Crippen LogP contribution in [-0.4, -0.2) is 21.9 Å². The van der Waals surface area contributed by atoms with E-state index < -0.39 is 0 Å². The van der Waals surface area contributed by atoms with E-state index >= 15 is 0 Å². The van der Waals surface area contributed by atoms with Gasteiger partial charge in [0.2, 0.25) is 0 Å². The van der Waals surface area contributed by atoms with Crippen LogP contribution >= 0.6 is 0 Å². The van der Waals surface area contributed by atoms with Crippen LogP contribution < -0.4 is 0 Å². The molecule has 5 aliphatic rings. The van der Waals surface area contributed by atoms with Gasteiger partial charge in [0.25, 0.3) is 0 Å². The van der Waals surface area contributed by atoms with Crippen molar-refractivity contribution < 1.29 is 10.2 Å². The summed E-state index contributed by atoms with van der Waals surface area (Å²) in [4.78, 5) is 0. The van der Waals surface area contributed by atoms with Crippen molar-refractivity contribution in [1.29, 1.82) is 0 Å². The summed E-state index contributed by atoms with van der Waals surface area (Å²) in [6.07, 6.45) is 17.6. The van der Waals surface area contributed by atoms with Gasteiger partial charge in [-0.1, -0.05) is 40.5 Å². The molecule has 0 aromatic heterocycles. The van der Waals surface area contributed by atoms with Crippen LogP contribution in [0.2, 0.25) is 0 Å². The molecule has 0 aromatic carbocycles. The minimum atomic E-state index is -0.384. The van der Waals surface area contributed by atoms with Crippen LogP contribution in [0.25, 0.3) is 0 Å². The molecule has 5 saturated carbocycles. The first-order chi connectivity index (χ1) is 14.7. The summed E-state index contributed by atoms with van der Waals surface area (Å²) in [6.45, 7) is 9.83. The number of hydrogen-bond acceptors (Lipinski definition) is 2. The highest BCUT2D eigenvalue weighted by Crippen LogP contribution is 2.69. The van der Waals surface area contributed by atoms with Crippen molar-refractivity contribution in [3.05, 3.63) is 0 Å². The van der Waals surface area contributed by atoms with E-state index in [-0.39, 0.29) is 11.7 Å². The Morgan fingerprint density at radius 1 is 0.839 bits per heavy atom. The second-order valence-corrected chi connectivity index (χ2v) is 13.6. The third-order valence-electron chi connectivity index (χ3n) is 12.6. The highest BCUT2D eigenvalue weighted by Gasteiger charge is 2.62. The summed E-state index contributed by atoms with van der Waals surface area (Å²) in [6, 6.07) is 0. The Bertz CT molecular complexity index is 655. The lowest BCUT2D eigenvalue weighted by Gasteiger charge is -2.62. The Balaban J connectivity index is 1.33. The van der Waals surface area contributed by atoms with Crippen LogP contribution in [0.15, 0.2) is 0 Å². The molecule has 31 heavy (non-hydrogen) atoms. The van der Waals surface area contributed by atoms with Crippen LogP contribution in [0, 0.1) is 52.3 Å². The van der Waals surface area contributed by atoms with E-state index in [9.17, 15) is 10.2 Å². The predicted molar refractivity (Wildman–Crippen MR) is 128 cm³/mol. The molecule has 2 nitrogen and oxygen atoms in total. The Morgan fingerprint density at radius 2 is 1.55 bits per heavy atom. The summed E-state index contributed by atoms with van der Waals surface area (Å²) >= 11 is 0. The summed E-state index contributed by atoms with van der Waals surface area (Å²) in [7, 11) is 0. The second-order valence-electron chi connectivity index (χ2n) is 13.6. The van der Waals surface area contributed by atoms with Gasteiger partial charge in [-0.25, -0.2) is 0 Å². The quantitative estimate of drug-likeness (QED) is 0.505. The number of aliphatic hydroxyl groups excluding tert-OH is 1. The lowest BCUT2D eigenvalue weighted by Crippen LogP contribution is -2.56. The van der Waals surface area contributed by atoms with Crippen LogP contribution in [-0.2, 0) is 0 Å². The van der Waals surface area contributed by atoms with E-state index in [1.807, 2.05) is 0 Å². The lowest BCUT2D eigenvalue weighted by molar-refractivity contribution is -0.154. The molecule has 0 aromatic rings. The van der Waals surface area contributed by atoms with Crippen molar-refractivity contribution in [2.75, 3.05) is 0 Å². The van der Waals surface area contributed by atoms with Crippen molar-refractivity contribution in [3.8, 4) is 0 Å². The smallest absolute Gasteiger partial charge is 0.0648 e. The van der Waals surface area contributed by atoms with Crippen LogP contribution in [0.3, 0.4) is 0 Å². The second kappa shape index (κ2) is 8.00. The van der Waals surface area contributed by atoms with Gasteiger partial charge < -0.3 is 10.2 Å². The fraction of sp³-hybridized carbons (Fsp3) is 1.00. The molecular formula is C29H50O2. The molecule has 5 rings (SSSR count). The first-order valence-electron chi connectivity index (χ1n) is 14.1. The minimum absolute atomic E-state index is 0.0703. The largest absolute Gasteiger partial charge is 0.393 e. The van der Waals surface area contributed by atoms with Crippen LogP contribution in [0.5, 0.6) is 0 Å². The molecule has 10 atom stereocenters. The van der Waals surface area contributed by atoms with E-state index in [2.05, 4.69) is 27.7 Å². The normalized spacial score (nSPS) is 52.3. The molecule has 2 N–H and O–H groups in total. The van der Waals surface area contributed by atoms with Gasteiger partial charge in [-0.2, -0.15) is 0 Å². The third-order valence-corrected chi connectivity index (χ3v) is 12.6. The van der Waals surface area contributed by atoms with Gasteiger partial charge in [-0.05, 0) is 129 Å². The van der Waals surface area contributed by atoms with E-state index in [4.69, 9.17) is 0 Å². The van der Waals surface area contributed by atoms with Gasteiger partial charge in [-0.3, -0.25) is 0 Å². The fourth-order valence-corrected chi connectivity index (χ4v) is 10.5. The topological polar surface area (TPSA) is 40.5 Å². The predicted octanol–water partition coefficient (Wildman–Crippen LogP) is 6.97. The van der Waals surface area contributed by atoms with Gasteiger partial charge in [-0.15, -0.1) is 0 Å². The van der Waals surface area contributed by atoms with E-state index in [0.29, 0.717) is 22.7 Å². The first kappa shape index (κ1) is 22.7. The molecule has 0 bridgehead atoms. The Labute approximate surface area is 192 Å². The lowest BCUT2D eigenvalue weighted by atomic mass is 9.43. The van der Waals surface area contributed by atoms with E-state index in [0.717, 1.165) is 48.9 Å². The van der Waals surface area contributed by atoms with Crippen molar-refractivity contribution >= 4 is 0 Å². The molecule has 0 unspecified atom stereocenters. The van der Waals surface area contributed by atoms with Crippen molar-refractivity contribution in [2.24, 2.45) is 52.3 Å². The number of fused-ring (bicyclic) bond motifs is 5. The third kappa shape index (κ3) is 3.48. The highest BCUT2D eigenvalue weighted by atomic mass is 16.3. The molecule has 2 heteroatoms. The van der Waals surface area contributed by atoms with Crippen LogP contribution in [0.1, 0.15) is 118 Å². The monoisotopic (exact) mass is 430 g/mol. The van der Waals surface area contributed by atoms with Gasteiger partial charge in [0.05, 0.1) is 11.7 Å². The summed E-state index contributed by atoms with van der Waals surface area (Å²) in [5.74, 6) is 5.14. The molecule has 0 saturated heterocycles. The summed E-state index contributed by atoms with van der Waals surface area (Å²) in [5.41, 5.74) is 0.519. The summed E-state index contributed by atoms with van der Waals surface area (Å²) in [5, 5.41) is 22.3. The Morgan fingerprint density at radius 3 is 2.26 bits per heavy atom. The maximum atomic E-state index is 11.3. The van der Waals surface area contributed by atoms with Crippen LogP contribution in [0.4, 0.5) is 0 Å². The number of hydrogen-bond donors (Lipinski definition) is 2. The summed E-state index contributed by atoms with van der Waals surface area (Å²) < 4.78 is 0. The highest BCUT2D eigenvalue weighted by molar-refractivity contribution is 5.11. The average molecular weight is 431 g/mol. The Kier molecular flexibility index (Phi) is 5.86. The minimum Gasteiger partial charge on any atom is -0.393 e. The molecular weight excluding hydrogens is 380 g/mol. The van der Waals surface area contributed by atoms with Gasteiger partial charge in [0.1, 0.15) is 0 Å². The molecule has 178 valence electrons. The van der Waals surface area contributed by atoms with Crippen molar-refractivity contribution in [1.82, 2.24) is 0 Å². The van der Waals surface area contributed by atoms with Gasteiger partial charge >= 0.3 is 0 Å². The SMILES string of the molecule is CC[C@]1(O)CC[C@@]2(C)[C@@H](CC[C@@H]3[C@@H]2CC[C@]2(C)[C@@H]([C@H](C)[C@@H](O)C4CCCC4)CC[C@@H]32)C1. The van der Waals surface area contributed by atoms with Gasteiger partial charge in [0.15, 0.2) is 0 Å². The first-order valence-corrected chi connectivity index (χ1v) is 14.1. The molecule has 5 fully saturated rings. The average Bonchev–Trinajstić information content (AvgIpc) is 3.41. The standard InChI is InChI=1S/C29H50O2/c1-5-29(31)17-16-27(3)21(18-29)10-11-22-24-13-12-23(28(24,4)15-14-25(22)27)19(2)26(30)20-8-6-7-9-20/h19-26,30-31H,5-18H2,1-4H3/t19-,21-,22-,23+,24-,25-,26+,27-,28+,29-/m0/s1. The zero-order chi connectivity index (χ0) is 22.0. The van der Waals surface area contributed by atoms with Gasteiger partial charge in [0, 0.05) is 0 Å². The molecule has 0 amide bonds. The molecule has 5 aliphatic carbocycles. The Hall–Kier alpha value is -0.0800. The molecule has 0 radical (unpaired) electrons. The fourth-order valence-electron chi connectivity index (χ4n) is 10.5. The molecule has 0 spiro atoms. The zero-order valence-corrected chi connectivity index (χ0v) is 20.9. The van der Waals surface area contributed by atoms with Crippen molar-refractivity contribution in [2.45, 2.75) is 129 Å². The van der Waals surface area contributed by atoms with Crippen molar-refractivity contribution in [3.63, 3.8) is 0 Å². The number of rotatable bonds is 4. The maximum absolute atomic E-state index is 11.3. The van der Waals surface area contributed by atoms with E-state index in [1.54, 1.807) is 0 Å². The molecule has 0 heterocycles. The zero-order valence-electron chi connectivity index (χ0n) is 20.9. The maximum Gasteiger partial charge on any atom is 0.0648 e. The van der Waals surface area contributed by atoms with E-state index in [1.165, 1.54) is 70.6 Å². The number of aliphatic hydroxyl groups is 2.